The van der Waals surface area contributed by atoms with Gasteiger partial charge >= 0.3 is 0 Å². The van der Waals surface area contributed by atoms with E-state index in [1.165, 1.54) is 22.6 Å². The van der Waals surface area contributed by atoms with E-state index in [9.17, 15) is 0 Å². The number of furan rings is 1. The maximum Gasteiger partial charge on any atom is 0.215 e. The standard InChI is InChI=1S/C21H27N5O2S/c1-2-7-16(6-1)26-21(22-23-24-26)20(19-10-5-13-29-19)25(14-17-8-3-11-27-17)15-18-9-4-12-28-18/h3,5,8,10-11,13,16,18,20H,1-2,4,6-7,9,12,14-15H2/p+1/t18-,20+/m1/s1. The van der Waals surface area contributed by atoms with E-state index in [2.05, 4.69) is 43.8 Å². The van der Waals surface area contributed by atoms with Crippen LogP contribution in [0.5, 0.6) is 0 Å². The Bertz CT molecular complexity index is 867. The number of nitrogens with zero attached hydrogens (tertiary/aromatic N) is 4. The molecule has 0 radical (unpaired) electrons. The summed E-state index contributed by atoms with van der Waals surface area (Å²) in [5.41, 5.74) is 0. The summed E-state index contributed by atoms with van der Waals surface area (Å²) >= 11 is 1.78. The lowest BCUT2D eigenvalue weighted by atomic mass is 10.1. The van der Waals surface area contributed by atoms with Gasteiger partial charge in [0.05, 0.1) is 17.2 Å². The van der Waals surface area contributed by atoms with Crippen molar-refractivity contribution in [1.29, 1.82) is 0 Å². The SMILES string of the molecule is c1coc(C[NH+](C[C@H]2CCCO2)[C@@H](c2cccs2)c2nnnn2C2CCCC2)c1. The van der Waals surface area contributed by atoms with Gasteiger partial charge in [0.2, 0.25) is 5.82 Å². The third-order valence-electron chi connectivity index (χ3n) is 6.18. The quantitative estimate of drug-likeness (QED) is 0.614. The van der Waals surface area contributed by atoms with Crippen LogP contribution in [-0.4, -0.2) is 39.5 Å². The van der Waals surface area contributed by atoms with Crippen LogP contribution in [0.1, 0.15) is 67.1 Å². The third-order valence-corrected chi connectivity index (χ3v) is 7.12. The molecule has 0 aromatic carbocycles. The lowest BCUT2D eigenvalue weighted by molar-refractivity contribution is -0.943. The fourth-order valence-electron chi connectivity index (χ4n) is 4.79. The van der Waals surface area contributed by atoms with Crippen LogP contribution >= 0.6 is 11.3 Å². The highest BCUT2D eigenvalue weighted by Gasteiger charge is 2.37. The number of aromatic nitrogens is 4. The molecule has 0 spiro atoms. The highest BCUT2D eigenvalue weighted by molar-refractivity contribution is 7.10. The summed E-state index contributed by atoms with van der Waals surface area (Å²) in [6.45, 7) is 2.57. The molecule has 3 aromatic rings. The van der Waals surface area contributed by atoms with E-state index in [1.54, 1.807) is 17.6 Å². The zero-order valence-corrected chi connectivity index (χ0v) is 17.4. The summed E-state index contributed by atoms with van der Waals surface area (Å²) in [5.74, 6) is 1.96. The second-order valence-corrected chi connectivity index (χ2v) is 9.10. The van der Waals surface area contributed by atoms with E-state index in [0.717, 1.165) is 57.0 Å². The second-order valence-electron chi connectivity index (χ2n) is 8.12. The predicted molar refractivity (Wildman–Crippen MR) is 109 cm³/mol. The molecule has 0 bridgehead atoms. The molecule has 2 aliphatic rings. The van der Waals surface area contributed by atoms with Gasteiger partial charge in [-0.2, -0.15) is 0 Å². The molecule has 1 unspecified atom stereocenters. The Morgan fingerprint density at radius 1 is 1.17 bits per heavy atom. The Balaban J connectivity index is 1.51. The number of tetrazole rings is 1. The van der Waals surface area contributed by atoms with Gasteiger partial charge < -0.3 is 14.1 Å². The first-order valence-electron chi connectivity index (χ1n) is 10.7. The molecule has 7 nitrogen and oxygen atoms in total. The number of quaternary nitrogens is 1. The van der Waals surface area contributed by atoms with Crippen molar-refractivity contribution in [2.75, 3.05) is 13.2 Å². The normalized spacial score (nSPS) is 22.3. The summed E-state index contributed by atoms with van der Waals surface area (Å²) in [7, 11) is 0. The first kappa shape index (κ1) is 19.0. The van der Waals surface area contributed by atoms with Gasteiger partial charge in [-0.1, -0.05) is 18.9 Å². The number of nitrogens with one attached hydrogen (secondary N) is 1. The minimum absolute atomic E-state index is 0.0694. The minimum Gasteiger partial charge on any atom is -0.463 e. The Hall–Kier alpha value is -2.03. The van der Waals surface area contributed by atoms with Crippen molar-refractivity contribution in [2.45, 2.75) is 63.3 Å². The fraction of sp³-hybridized carbons (Fsp3) is 0.571. The average molecular weight is 415 g/mol. The minimum atomic E-state index is 0.0694. The maximum atomic E-state index is 6.01. The van der Waals surface area contributed by atoms with Crippen LogP contribution in [0.25, 0.3) is 0 Å². The largest absolute Gasteiger partial charge is 0.463 e. The van der Waals surface area contributed by atoms with Crippen molar-refractivity contribution in [3.63, 3.8) is 0 Å². The fourth-order valence-corrected chi connectivity index (χ4v) is 5.67. The Morgan fingerprint density at radius 3 is 2.83 bits per heavy atom. The molecule has 1 aliphatic heterocycles. The third kappa shape index (κ3) is 4.15. The van der Waals surface area contributed by atoms with E-state index >= 15 is 0 Å². The molecule has 3 aromatic heterocycles. The summed E-state index contributed by atoms with van der Waals surface area (Å²) in [6.07, 6.45) is 9.12. The second kappa shape index (κ2) is 8.77. The number of rotatable bonds is 8. The molecule has 1 saturated heterocycles. The molecular weight excluding hydrogens is 386 g/mol. The van der Waals surface area contributed by atoms with E-state index < -0.39 is 0 Å². The molecule has 1 N–H and O–H groups in total. The van der Waals surface area contributed by atoms with Gasteiger partial charge in [-0.15, -0.1) is 16.4 Å². The van der Waals surface area contributed by atoms with Crippen LogP contribution in [0.15, 0.2) is 40.3 Å². The average Bonchev–Trinajstić information content (AvgIpc) is 3.55. The molecule has 1 saturated carbocycles. The molecule has 5 rings (SSSR count). The summed E-state index contributed by atoms with van der Waals surface area (Å²) < 4.78 is 13.8. The lowest BCUT2D eigenvalue weighted by Crippen LogP contribution is -3.12. The van der Waals surface area contributed by atoms with E-state index in [0.29, 0.717) is 6.04 Å². The molecule has 8 heteroatoms. The van der Waals surface area contributed by atoms with Crippen LogP contribution in [0.3, 0.4) is 0 Å². The monoisotopic (exact) mass is 414 g/mol. The van der Waals surface area contributed by atoms with Crippen molar-refractivity contribution >= 4 is 11.3 Å². The molecule has 3 atom stereocenters. The first-order chi connectivity index (χ1) is 14.4. The van der Waals surface area contributed by atoms with Crippen molar-refractivity contribution < 1.29 is 14.1 Å². The van der Waals surface area contributed by atoms with Gasteiger partial charge in [-0.3, -0.25) is 0 Å². The van der Waals surface area contributed by atoms with Crippen molar-refractivity contribution in [1.82, 2.24) is 20.2 Å². The van der Waals surface area contributed by atoms with E-state index in [4.69, 9.17) is 9.15 Å². The van der Waals surface area contributed by atoms with Crippen molar-refractivity contribution in [2.24, 2.45) is 0 Å². The number of thiophene rings is 1. The van der Waals surface area contributed by atoms with Crippen molar-refractivity contribution in [3.05, 3.63) is 52.4 Å². The highest BCUT2D eigenvalue weighted by atomic mass is 32.1. The van der Waals surface area contributed by atoms with Gasteiger partial charge in [0.15, 0.2) is 11.8 Å². The summed E-state index contributed by atoms with van der Waals surface area (Å²) in [4.78, 5) is 2.67. The smallest absolute Gasteiger partial charge is 0.215 e. The topological polar surface area (TPSA) is 70.4 Å². The lowest BCUT2D eigenvalue weighted by Gasteiger charge is -2.29. The van der Waals surface area contributed by atoms with Gasteiger partial charge in [-0.05, 0) is 59.7 Å². The van der Waals surface area contributed by atoms with Crippen LogP contribution in [0, 0.1) is 0 Å². The predicted octanol–water partition coefficient (Wildman–Crippen LogP) is 2.80. The van der Waals surface area contributed by atoms with Gasteiger partial charge in [0.1, 0.15) is 19.2 Å². The van der Waals surface area contributed by atoms with Crippen LogP contribution < -0.4 is 4.90 Å². The molecule has 0 amide bonds. The Labute approximate surface area is 174 Å². The zero-order valence-electron chi connectivity index (χ0n) is 16.6. The van der Waals surface area contributed by atoms with Crippen LogP contribution in [0.2, 0.25) is 0 Å². The Morgan fingerprint density at radius 2 is 2.10 bits per heavy atom. The summed E-state index contributed by atoms with van der Waals surface area (Å²) in [6, 6.07) is 8.83. The van der Waals surface area contributed by atoms with Gasteiger partial charge in [0.25, 0.3) is 0 Å². The Kier molecular flexibility index (Phi) is 5.73. The molecule has 154 valence electrons. The number of hydrogen-bond donors (Lipinski definition) is 1. The first-order valence-corrected chi connectivity index (χ1v) is 11.6. The number of hydrogen-bond acceptors (Lipinski definition) is 6. The molecule has 4 heterocycles. The summed E-state index contributed by atoms with van der Waals surface area (Å²) in [5, 5.41) is 15.2. The van der Waals surface area contributed by atoms with E-state index in [1.807, 2.05) is 6.07 Å². The van der Waals surface area contributed by atoms with E-state index in [-0.39, 0.29) is 12.1 Å². The van der Waals surface area contributed by atoms with Gasteiger partial charge in [0, 0.05) is 6.61 Å². The highest BCUT2D eigenvalue weighted by Crippen LogP contribution is 2.32. The molecular formula is C21H28N5O2S+. The van der Waals surface area contributed by atoms with Gasteiger partial charge in [-0.25, -0.2) is 4.68 Å². The van der Waals surface area contributed by atoms with Crippen LogP contribution in [-0.2, 0) is 11.3 Å². The maximum absolute atomic E-state index is 6.01. The molecule has 2 fully saturated rings. The number of ether oxygens (including phenoxy) is 1. The van der Waals surface area contributed by atoms with Crippen molar-refractivity contribution in [3.8, 4) is 0 Å². The van der Waals surface area contributed by atoms with Crippen LogP contribution in [0.4, 0.5) is 0 Å². The zero-order chi connectivity index (χ0) is 19.5. The molecule has 1 aliphatic carbocycles. The molecule has 29 heavy (non-hydrogen) atoms.